The highest BCUT2D eigenvalue weighted by Crippen LogP contribution is 2.22. The highest BCUT2D eigenvalue weighted by molar-refractivity contribution is 5.70. The fraction of sp³-hybridized carbons (Fsp3) is 0.500. The molecule has 2 atom stereocenters. The van der Waals surface area contributed by atoms with Crippen LogP contribution in [0.3, 0.4) is 0 Å². The third-order valence-corrected chi connectivity index (χ3v) is 3.52. The Morgan fingerprint density at radius 3 is 2.61 bits per heavy atom. The van der Waals surface area contributed by atoms with E-state index in [1.54, 1.807) is 24.1 Å². The fourth-order valence-corrected chi connectivity index (χ4v) is 2.42. The van der Waals surface area contributed by atoms with E-state index in [1.165, 1.54) is 0 Å². The molecule has 1 saturated carbocycles. The van der Waals surface area contributed by atoms with E-state index in [4.69, 9.17) is 10.5 Å². The van der Waals surface area contributed by atoms with Crippen LogP contribution in [0.1, 0.15) is 25.7 Å². The lowest BCUT2D eigenvalue weighted by Gasteiger charge is -2.35. The standard InChI is InChI=1S/C14H20N2O2/c1-16(13-10-6-5-9-12(13)15)14(17)18-11-7-3-2-4-8-11/h2-4,7-8,12-13H,5-6,9-10,15H2,1H3. The first-order valence-corrected chi connectivity index (χ1v) is 6.44. The molecule has 1 aromatic carbocycles. The molecule has 0 saturated heterocycles. The maximum atomic E-state index is 12.0. The molecule has 2 unspecified atom stereocenters. The minimum absolute atomic E-state index is 0.0621. The van der Waals surface area contributed by atoms with Crippen molar-refractivity contribution in [2.45, 2.75) is 37.8 Å². The molecule has 0 radical (unpaired) electrons. The predicted molar refractivity (Wildman–Crippen MR) is 70.5 cm³/mol. The van der Waals surface area contributed by atoms with Gasteiger partial charge in [-0.05, 0) is 25.0 Å². The van der Waals surface area contributed by atoms with Gasteiger partial charge in [0.05, 0.1) is 0 Å². The Labute approximate surface area is 108 Å². The van der Waals surface area contributed by atoms with Gasteiger partial charge in [-0.1, -0.05) is 31.0 Å². The smallest absolute Gasteiger partial charge is 0.410 e. The molecule has 2 N–H and O–H groups in total. The average molecular weight is 248 g/mol. The van der Waals surface area contributed by atoms with Crippen LogP contribution in [0.15, 0.2) is 30.3 Å². The molecule has 1 fully saturated rings. The minimum atomic E-state index is -0.330. The zero-order valence-corrected chi connectivity index (χ0v) is 10.7. The molecule has 0 aromatic heterocycles. The normalized spacial score (nSPS) is 23.4. The van der Waals surface area contributed by atoms with Crippen LogP contribution in [-0.4, -0.2) is 30.1 Å². The van der Waals surface area contributed by atoms with Gasteiger partial charge in [0.25, 0.3) is 0 Å². The van der Waals surface area contributed by atoms with Gasteiger partial charge in [-0.3, -0.25) is 0 Å². The Morgan fingerprint density at radius 2 is 1.94 bits per heavy atom. The molecule has 98 valence electrons. The number of nitrogens with zero attached hydrogens (tertiary/aromatic N) is 1. The first-order chi connectivity index (χ1) is 8.68. The number of ether oxygens (including phenoxy) is 1. The van der Waals surface area contributed by atoms with Gasteiger partial charge in [0.1, 0.15) is 5.75 Å². The van der Waals surface area contributed by atoms with Gasteiger partial charge >= 0.3 is 6.09 Å². The Morgan fingerprint density at radius 1 is 1.28 bits per heavy atom. The summed E-state index contributed by atoms with van der Waals surface area (Å²) < 4.78 is 5.31. The number of rotatable bonds is 2. The maximum absolute atomic E-state index is 12.0. The summed E-state index contributed by atoms with van der Waals surface area (Å²) in [5.41, 5.74) is 6.06. The summed E-state index contributed by atoms with van der Waals surface area (Å²) >= 11 is 0. The van der Waals surface area contributed by atoms with Crippen LogP contribution in [-0.2, 0) is 0 Å². The molecule has 1 aromatic rings. The van der Waals surface area contributed by atoms with E-state index in [1.807, 2.05) is 18.2 Å². The van der Waals surface area contributed by atoms with E-state index in [9.17, 15) is 4.79 Å². The summed E-state index contributed by atoms with van der Waals surface area (Å²) in [7, 11) is 1.76. The van der Waals surface area contributed by atoms with E-state index in [0.717, 1.165) is 25.7 Å². The molecule has 4 heteroatoms. The van der Waals surface area contributed by atoms with Gasteiger partial charge < -0.3 is 15.4 Å². The summed E-state index contributed by atoms with van der Waals surface area (Å²) in [6, 6.07) is 9.27. The SMILES string of the molecule is CN(C(=O)Oc1ccccc1)C1CCCCC1N. The van der Waals surface area contributed by atoms with Crippen molar-refractivity contribution in [3.8, 4) is 5.75 Å². The molecule has 1 amide bonds. The highest BCUT2D eigenvalue weighted by atomic mass is 16.6. The third kappa shape index (κ3) is 3.01. The Balaban J connectivity index is 1.96. The first-order valence-electron chi connectivity index (χ1n) is 6.44. The minimum Gasteiger partial charge on any atom is -0.410 e. The molecule has 4 nitrogen and oxygen atoms in total. The van der Waals surface area contributed by atoms with E-state index in [0.29, 0.717) is 5.75 Å². The van der Waals surface area contributed by atoms with Crippen molar-refractivity contribution in [2.24, 2.45) is 5.73 Å². The van der Waals surface area contributed by atoms with E-state index >= 15 is 0 Å². The molecule has 0 heterocycles. The van der Waals surface area contributed by atoms with Gasteiger partial charge in [-0.2, -0.15) is 0 Å². The van der Waals surface area contributed by atoms with Crippen molar-refractivity contribution in [1.29, 1.82) is 0 Å². The van der Waals surface area contributed by atoms with Crippen LogP contribution < -0.4 is 10.5 Å². The second kappa shape index (κ2) is 5.87. The summed E-state index contributed by atoms with van der Waals surface area (Å²) in [6.07, 6.45) is 3.89. The molecule has 0 aliphatic heterocycles. The van der Waals surface area contributed by atoms with Gasteiger partial charge in [0.2, 0.25) is 0 Å². The maximum Gasteiger partial charge on any atom is 0.415 e. The molecule has 0 bridgehead atoms. The van der Waals surface area contributed by atoms with Gasteiger partial charge in [-0.15, -0.1) is 0 Å². The zero-order chi connectivity index (χ0) is 13.0. The van der Waals surface area contributed by atoms with E-state index in [-0.39, 0.29) is 18.2 Å². The largest absolute Gasteiger partial charge is 0.415 e. The quantitative estimate of drug-likeness (QED) is 0.874. The van der Waals surface area contributed by atoms with Crippen molar-refractivity contribution in [1.82, 2.24) is 4.90 Å². The number of benzene rings is 1. The molecular formula is C14H20N2O2. The topological polar surface area (TPSA) is 55.6 Å². The number of carbonyl (C=O) groups is 1. The molecule has 18 heavy (non-hydrogen) atoms. The number of hydrogen-bond acceptors (Lipinski definition) is 3. The van der Waals surface area contributed by atoms with Gasteiger partial charge in [0, 0.05) is 19.1 Å². The highest BCUT2D eigenvalue weighted by Gasteiger charge is 2.29. The van der Waals surface area contributed by atoms with Crippen LogP contribution in [0.4, 0.5) is 4.79 Å². The van der Waals surface area contributed by atoms with Gasteiger partial charge in [0.15, 0.2) is 0 Å². The molecular weight excluding hydrogens is 228 g/mol. The molecule has 1 aliphatic rings. The fourth-order valence-electron chi connectivity index (χ4n) is 2.42. The number of amides is 1. The summed E-state index contributed by atoms with van der Waals surface area (Å²) in [6.45, 7) is 0. The van der Waals surface area contributed by atoms with E-state index < -0.39 is 0 Å². The number of hydrogen-bond donors (Lipinski definition) is 1. The lowest BCUT2D eigenvalue weighted by atomic mass is 9.90. The Bertz CT molecular complexity index is 394. The van der Waals surface area contributed by atoms with Crippen LogP contribution in [0.25, 0.3) is 0 Å². The molecule has 0 spiro atoms. The number of nitrogens with two attached hydrogens (primary N) is 1. The average Bonchev–Trinajstić information content (AvgIpc) is 2.39. The van der Waals surface area contributed by atoms with Crippen molar-refractivity contribution >= 4 is 6.09 Å². The van der Waals surface area contributed by atoms with Crippen LogP contribution in [0.5, 0.6) is 5.75 Å². The predicted octanol–water partition coefficient (Wildman–Crippen LogP) is 2.39. The lowest BCUT2D eigenvalue weighted by Crippen LogP contribution is -2.50. The summed E-state index contributed by atoms with van der Waals surface area (Å²) in [5.74, 6) is 0.568. The second-order valence-electron chi connectivity index (χ2n) is 4.81. The summed E-state index contributed by atoms with van der Waals surface area (Å²) in [5, 5.41) is 0. The number of para-hydroxylation sites is 1. The monoisotopic (exact) mass is 248 g/mol. The third-order valence-electron chi connectivity index (χ3n) is 3.52. The Hall–Kier alpha value is -1.55. The van der Waals surface area contributed by atoms with Crippen molar-refractivity contribution < 1.29 is 9.53 Å². The second-order valence-corrected chi connectivity index (χ2v) is 4.81. The van der Waals surface area contributed by atoms with E-state index in [2.05, 4.69) is 0 Å². The van der Waals surface area contributed by atoms with Crippen LogP contribution in [0, 0.1) is 0 Å². The number of carbonyl (C=O) groups excluding carboxylic acids is 1. The van der Waals surface area contributed by atoms with Crippen LogP contribution >= 0.6 is 0 Å². The lowest BCUT2D eigenvalue weighted by molar-refractivity contribution is 0.125. The first kappa shape index (κ1) is 12.9. The molecule has 1 aliphatic carbocycles. The van der Waals surface area contributed by atoms with Crippen molar-refractivity contribution in [3.63, 3.8) is 0 Å². The summed E-state index contributed by atoms with van der Waals surface area (Å²) in [4.78, 5) is 13.6. The zero-order valence-electron chi connectivity index (χ0n) is 10.7. The van der Waals surface area contributed by atoms with Crippen molar-refractivity contribution in [3.05, 3.63) is 30.3 Å². The number of likely N-dealkylation sites (N-methyl/N-ethyl adjacent to an activating group) is 1. The molecule has 2 rings (SSSR count). The Kier molecular flexibility index (Phi) is 4.20. The van der Waals surface area contributed by atoms with Crippen molar-refractivity contribution in [2.75, 3.05) is 7.05 Å². The van der Waals surface area contributed by atoms with Crippen LogP contribution in [0.2, 0.25) is 0 Å². The van der Waals surface area contributed by atoms with Gasteiger partial charge in [-0.25, -0.2) is 4.79 Å².